The summed E-state index contributed by atoms with van der Waals surface area (Å²) >= 11 is 12.7. The summed E-state index contributed by atoms with van der Waals surface area (Å²) in [6.45, 7) is 5.39. The van der Waals surface area contributed by atoms with Gasteiger partial charge in [0, 0.05) is 41.5 Å². The maximum Gasteiger partial charge on any atom is 0.229 e. The first-order valence-corrected chi connectivity index (χ1v) is 16.3. The van der Waals surface area contributed by atoms with Crippen molar-refractivity contribution in [2.24, 2.45) is 5.41 Å². The number of aliphatic hydroxyl groups excluding tert-OH is 1. The van der Waals surface area contributed by atoms with Gasteiger partial charge in [-0.2, -0.15) is 0 Å². The number of carbonyl (C=O) groups is 2. The Hall–Kier alpha value is -2.17. The first-order chi connectivity index (χ1) is 19.3. The van der Waals surface area contributed by atoms with Crippen molar-refractivity contribution < 1.29 is 23.1 Å². The number of halogens is 2. The zero-order valence-electron chi connectivity index (χ0n) is 23.7. The summed E-state index contributed by atoms with van der Waals surface area (Å²) in [5.74, 6) is -0.812. The van der Waals surface area contributed by atoms with Crippen molar-refractivity contribution in [3.63, 3.8) is 0 Å². The number of nitrogens with zero attached hydrogens (tertiary/aromatic N) is 1. The highest BCUT2D eigenvalue weighted by Crippen LogP contribution is 2.52. The number of carbonyl (C=O) groups excluding carboxylic acids is 2. The first-order valence-electron chi connectivity index (χ1n) is 14.0. The van der Waals surface area contributed by atoms with Crippen molar-refractivity contribution in [3.8, 4) is 0 Å². The molecular weight excluding hydrogens is 585 g/mol. The van der Waals surface area contributed by atoms with Crippen LogP contribution in [0, 0.1) is 5.41 Å². The molecule has 2 aromatic carbocycles. The van der Waals surface area contributed by atoms with Crippen LogP contribution in [0.15, 0.2) is 48.5 Å². The lowest BCUT2D eigenvalue weighted by atomic mass is 9.67. The number of hydrogen-bond acceptors (Lipinski definition) is 5. The molecule has 1 saturated heterocycles. The highest BCUT2D eigenvalue weighted by Gasteiger charge is 2.53. The molecule has 2 aromatic rings. The van der Waals surface area contributed by atoms with Crippen LogP contribution >= 0.6 is 23.2 Å². The maximum absolute atomic E-state index is 14.6. The average Bonchev–Trinajstić information content (AvgIpc) is 3.69. The number of piperidine rings is 1. The van der Waals surface area contributed by atoms with Crippen molar-refractivity contribution in [1.82, 2.24) is 14.9 Å². The molecule has 4 unspecified atom stereocenters. The second-order valence-corrected chi connectivity index (χ2v) is 14.9. The number of likely N-dealkylation sites (tertiary alicyclic amines) is 1. The number of hydrogen-bond donors (Lipinski definition) is 3. The van der Waals surface area contributed by atoms with Gasteiger partial charge in [-0.05, 0) is 68.0 Å². The summed E-state index contributed by atoms with van der Waals surface area (Å²) in [5.41, 5.74) is 0.678. The number of amides is 2. The van der Waals surface area contributed by atoms with Crippen LogP contribution in [0.3, 0.4) is 0 Å². The van der Waals surface area contributed by atoms with Crippen molar-refractivity contribution in [2.45, 2.75) is 75.6 Å². The van der Waals surface area contributed by atoms with Gasteiger partial charge in [-0.25, -0.2) is 13.1 Å². The monoisotopic (exact) mass is 623 g/mol. The van der Waals surface area contributed by atoms with Crippen LogP contribution in [0.5, 0.6) is 0 Å². The standard InChI is InChI=1S/C30H39Cl2N3O5S/c1-4-24(19-34-41(39,40)30(3)12-13-30)35-27(20-8-10-22(31)11-9-20)25(21-6-5-7-23(32)16-21)17-29(2,28(35)38)18-26(37)33-14-15-36/h5-11,16,24-25,27,34,36H,4,12-15,17-19H2,1-3H3,(H,33,37). The van der Waals surface area contributed by atoms with E-state index in [2.05, 4.69) is 10.0 Å². The Labute approximate surface area is 252 Å². The molecule has 0 radical (unpaired) electrons. The van der Waals surface area contributed by atoms with E-state index in [0.29, 0.717) is 35.7 Å². The normalized spacial score (nSPS) is 24.6. The fraction of sp³-hybridized carbons (Fsp3) is 0.533. The molecule has 2 aliphatic rings. The number of sulfonamides is 1. The van der Waals surface area contributed by atoms with Crippen LogP contribution in [0.2, 0.25) is 10.0 Å². The molecule has 0 aromatic heterocycles. The molecule has 1 aliphatic carbocycles. The Balaban J connectivity index is 1.81. The molecule has 4 rings (SSSR count). The Morgan fingerprint density at radius 3 is 2.37 bits per heavy atom. The molecule has 2 amide bonds. The van der Waals surface area contributed by atoms with E-state index < -0.39 is 32.3 Å². The van der Waals surface area contributed by atoms with E-state index in [0.717, 1.165) is 11.1 Å². The van der Waals surface area contributed by atoms with Crippen LogP contribution in [-0.4, -0.2) is 60.7 Å². The van der Waals surface area contributed by atoms with Gasteiger partial charge in [0.2, 0.25) is 21.8 Å². The fourth-order valence-corrected chi connectivity index (χ4v) is 7.55. The molecule has 41 heavy (non-hydrogen) atoms. The minimum absolute atomic E-state index is 0.0549. The Bertz CT molecular complexity index is 1370. The molecule has 1 aliphatic heterocycles. The third-order valence-electron chi connectivity index (χ3n) is 8.55. The molecule has 2 fully saturated rings. The van der Waals surface area contributed by atoms with Crippen LogP contribution in [-0.2, 0) is 19.6 Å². The number of benzene rings is 2. The molecule has 4 atom stereocenters. The summed E-state index contributed by atoms with van der Waals surface area (Å²) in [7, 11) is -3.58. The minimum atomic E-state index is -3.58. The van der Waals surface area contributed by atoms with E-state index in [-0.39, 0.29) is 43.8 Å². The number of nitrogens with one attached hydrogen (secondary N) is 2. The zero-order valence-corrected chi connectivity index (χ0v) is 26.0. The minimum Gasteiger partial charge on any atom is -0.395 e. The molecule has 1 saturated carbocycles. The first kappa shape index (κ1) is 31.8. The van der Waals surface area contributed by atoms with Gasteiger partial charge in [-0.15, -0.1) is 0 Å². The largest absolute Gasteiger partial charge is 0.395 e. The van der Waals surface area contributed by atoms with E-state index >= 15 is 0 Å². The van der Waals surface area contributed by atoms with Crippen molar-refractivity contribution in [1.29, 1.82) is 0 Å². The second kappa shape index (κ2) is 12.6. The van der Waals surface area contributed by atoms with Crippen molar-refractivity contribution in [2.75, 3.05) is 19.7 Å². The average molecular weight is 625 g/mol. The number of rotatable bonds is 12. The highest BCUT2D eigenvalue weighted by atomic mass is 35.5. The summed E-state index contributed by atoms with van der Waals surface area (Å²) in [5, 5.41) is 13.0. The molecule has 224 valence electrons. The van der Waals surface area contributed by atoms with Gasteiger partial charge in [0.05, 0.1) is 22.8 Å². The molecule has 3 N–H and O–H groups in total. The molecular formula is C30H39Cl2N3O5S. The molecule has 1 heterocycles. The van der Waals surface area contributed by atoms with Gasteiger partial charge in [0.1, 0.15) is 0 Å². The highest BCUT2D eigenvalue weighted by molar-refractivity contribution is 7.91. The van der Waals surface area contributed by atoms with Gasteiger partial charge in [-0.3, -0.25) is 9.59 Å². The molecule has 0 spiro atoms. The molecule has 0 bridgehead atoms. The Morgan fingerprint density at radius 1 is 1.10 bits per heavy atom. The Kier molecular flexibility index (Phi) is 9.76. The lowest BCUT2D eigenvalue weighted by Gasteiger charge is -2.52. The predicted molar refractivity (Wildman–Crippen MR) is 161 cm³/mol. The van der Waals surface area contributed by atoms with E-state index in [1.165, 1.54) is 0 Å². The summed E-state index contributed by atoms with van der Waals surface area (Å²) in [6.07, 6.45) is 1.99. The van der Waals surface area contributed by atoms with E-state index in [4.69, 9.17) is 23.2 Å². The number of aliphatic hydroxyl groups is 1. The van der Waals surface area contributed by atoms with Gasteiger partial charge in [-0.1, -0.05) is 61.3 Å². The van der Waals surface area contributed by atoms with Gasteiger partial charge < -0.3 is 15.3 Å². The van der Waals surface area contributed by atoms with Crippen molar-refractivity contribution in [3.05, 3.63) is 69.7 Å². The lowest BCUT2D eigenvalue weighted by molar-refractivity contribution is -0.157. The smallest absolute Gasteiger partial charge is 0.229 e. The summed E-state index contributed by atoms with van der Waals surface area (Å²) in [6, 6.07) is 13.9. The van der Waals surface area contributed by atoms with Crippen LogP contribution in [0.25, 0.3) is 0 Å². The molecule has 8 nitrogen and oxygen atoms in total. The van der Waals surface area contributed by atoms with E-state index in [1.54, 1.807) is 36.9 Å². The van der Waals surface area contributed by atoms with Gasteiger partial charge in [0.25, 0.3) is 0 Å². The quantitative estimate of drug-likeness (QED) is 0.314. The van der Waals surface area contributed by atoms with Crippen LogP contribution in [0.1, 0.15) is 76.0 Å². The zero-order chi connectivity index (χ0) is 30.0. The topological polar surface area (TPSA) is 116 Å². The predicted octanol–water partition coefficient (Wildman–Crippen LogP) is 4.81. The van der Waals surface area contributed by atoms with Gasteiger partial charge >= 0.3 is 0 Å². The SMILES string of the molecule is CCC(CNS(=O)(=O)C1(C)CC1)N1C(=O)C(C)(CC(=O)NCCO)CC(c2cccc(Cl)c2)C1c1ccc(Cl)cc1. The summed E-state index contributed by atoms with van der Waals surface area (Å²) in [4.78, 5) is 29.2. The lowest BCUT2D eigenvalue weighted by Crippen LogP contribution is -2.58. The van der Waals surface area contributed by atoms with Crippen LogP contribution < -0.4 is 10.0 Å². The Morgan fingerprint density at radius 2 is 1.78 bits per heavy atom. The van der Waals surface area contributed by atoms with Crippen LogP contribution in [0.4, 0.5) is 0 Å². The second-order valence-electron chi connectivity index (χ2n) is 11.7. The maximum atomic E-state index is 14.6. The van der Waals surface area contributed by atoms with Crippen molar-refractivity contribution >= 4 is 45.0 Å². The third-order valence-corrected chi connectivity index (χ3v) is 11.3. The van der Waals surface area contributed by atoms with E-state index in [9.17, 15) is 23.1 Å². The molecule has 11 heteroatoms. The summed E-state index contributed by atoms with van der Waals surface area (Å²) < 4.78 is 28.2. The van der Waals surface area contributed by atoms with Gasteiger partial charge in [0.15, 0.2) is 0 Å². The van der Waals surface area contributed by atoms with E-state index in [1.807, 2.05) is 37.3 Å². The third kappa shape index (κ3) is 6.91. The fourth-order valence-electron chi connectivity index (χ4n) is 5.82.